The van der Waals surface area contributed by atoms with Crippen LogP contribution in [0.1, 0.15) is 26.7 Å². The lowest BCUT2D eigenvalue weighted by Crippen LogP contribution is -2.58. The molecular formula is C11H21N3O. The highest BCUT2D eigenvalue weighted by molar-refractivity contribution is 5.75. The molecule has 0 aromatic rings. The summed E-state index contributed by atoms with van der Waals surface area (Å²) in [5.41, 5.74) is 0. The van der Waals surface area contributed by atoms with E-state index in [1.807, 2.05) is 9.80 Å². The zero-order chi connectivity index (χ0) is 10.8. The number of nitrogens with zero attached hydrogens (tertiary/aromatic N) is 2. The highest BCUT2D eigenvalue weighted by Gasteiger charge is 2.29. The Labute approximate surface area is 91.6 Å². The third-order valence-electron chi connectivity index (χ3n) is 3.20. The van der Waals surface area contributed by atoms with Crippen molar-refractivity contribution < 1.29 is 4.79 Å². The van der Waals surface area contributed by atoms with Gasteiger partial charge in [0, 0.05) is 38.3 Å². The van der Waals surface area contributed by atoms with Gasteiger partial charge in [0.1, 0.15) is 0 Å². The molecule has 15 heavy (non-hydrogen) atoms. The minimum Gasteiger partial charge on any atom is -0.325 e. The Bertz CT molecular complexity index is 228. The van der Waals surface area contributed by atoms with Crippen LogP contribution in [-0.4, -0.2) is 54.1 Å². The minimum absolute atomic E-state index is 0.243. The highest BCUT2D eigenvalue weighted by atomic mass is 16.2. The first-order valence-corrected chi connectivity index (χ1v) is 5.96. The molecule has 0 spiro atoms. The average Bonchev–Trinajstić information content (AvgIpc) is 2.67. The van der Waals surface area contributed by atoms with Crippen LogP contribution in [0.5, 0.6) is 0 Å². The lowest BCUT2D eigenvalue weighted by atomic mass is 10.1. The van der Waals surface area contributed by atoms with Crippen molar-refractivity contribution in [1.29, 1.82) is 0 Å². The van der Waals surface area contributed by atoms with Crippen LogP contribution in [-0.2, 0) is 0 Å². The highest BCUT2D eigenvalue weighted by Crippen LogP contribution is 2.13. The van der Waals surface area contributed by atoms with E-state index in [1.165, 1.54) is 12.8 Å². The van der Waals surface area contributed by atoms with Gasteiger partial charge in [0.2, 0.25) is 0 Å². The van der Waals surface area contributed by atoms with Crippen molar-refractivity contribution in [1.82, 2.24) is 15.1 Å². The maximum absolute atomic E-state index is 12.1. The van der Waals surface area contributed by atoms with Gasteiger partial charge in [-0.05, 0) is 26.7 Å². The van der Waals surface area contributed by atoms with E-state index in [1.54, 1.807) is 0 Å². The van der Waals surface area contributed by atoms with E-state index >= 15 is 0 Å². The first-order chi connectivity index (χ1) is 7.16. The summed E-state index contributed by atoms with van der Waals surface area (Å²) in [5, 5.41) is 3.44. The molecular weight excluding hydrogens is 190 g/mol. The zero-order valence-electron chi connectivity index (χ0n) is 9.70. The molecule has 4 nitrogen and oxygen atoms in total. The van der Waals surface area contributed by atoms with Gasteiger partial charge in [-0.15, -0.1) is 0 Å². The summed E-state index contributed by atoms with van der Waals surface area (Å²) >= 11 is 0. The standard InChI is InChI=1S/C11H21N3O/c1-9-7-14(8-10(2)12-9)11(15)13-5-3-4-6-13/h9-10,12H,3-8H2,1-2H3/t9-,10+. The molecule has 0 aliphatic carbocycles. The summed E-state index contributed by atoms with van der Waals surface area (Å²) < 4.78 is 0. The number of carbonyl (C=O) groups excluding carboxylic acids is 1. The molecule has 2 aliphatic heterocycles. The summed E-state index contributed by atoms with van der Waals surface area (Å²) in [6.45, 7) is 7.87. The fraction of sp³-hybridized carbons (Fsp3) is 0.909. The summed E-state index contributed by atoms with van der Waals surface area (Å²) in [5.74, 6) is 0. The molecule has 0 aromatic carbocycles. The smallest absolute Gasteiger partial charge is 0.320 e. The van der Waals surface area contributed by atoms with Crippen molar-refractivity contribution in [2.75, 3.05) is 26.2 Å². The Morgan fingerprint density at radius 2 is 1.60 bits per heavy atom. The average molecular weight is 211 g/mol. The fourth-order valence-electron chi connectivity index (χ4n) is 2.59. The predicted molar refractivity (Wildman–Crippen MR) is 59.8 cm³/mol. The second-order valence-corrected chi connectivity index (χ2v) is 4.85. The van der Waals surface area contributed by atoms with E-state index in [0.29, 0.717) is 12.1 Å². The van der Waals surface area contributed by atoms with Crippen molar-refractivity contribution in [3.05, 3.63) is 0 Å². The molecule has 1 N–H and O–H groups in total. The molecule has 0 bridgehead atoms. The maximum Gasteiger partial charge on any atom is 0.320 e. The van der Waals surface area contributed by atoms with E-state index in [9.17, 15) is 4.79 Å². The molecule has 2 heterocycles. The number of amides is 2. The molecule has 2 fully saturated rings. The Morgan fingerprint density at radius 3 is 2.13 bits per heavy atom. The lowest BCUT2D eigenvalue weighted by molar-refractivity contribution is 0.135. The van der Waals surface area contributed by atoms with Crippen LogP contribution in [0.15, 0.2) is 0 Å². The van der Waals surface area contributed by atoms with Gasteiger partial charge in [0.15, 0.2) is 0 Å². The van der Waals surface area contributed by atoms with Gasteiger partial charge in [-0.3, -0.25) is 0 Å². The van der Waals surface area contributed by atoms with Crippen LogP contribution in [0.3, 0.4) is 0 Å². The second kappa shape index (κ2) is 4.39. The van der Waals surface area contributed by atoms with Crippen LogP contribution in [0, 0.1) is 0 Å². The molecule has 0 radical (unpaired) electrons. The van der Waals surface area contributed by atoms with Crippen LogP contribution in [0.4, 0.5) is 4.79 Å². The van der Waals surface area contributed by atoms with Crippen molar-refractivity contribution in [2.24, 2.45) is 0 Å². The van der Waals surface area contributed by atoms with Crippen molar-refractivity contribution in [2.45, 2.75) is 38.8 Å². The monoisotopic (exact) mass is 211 g/mol. The van der Waals surface area contributed by atoms with Gasteiger partial charge < -0.3 is 15.1 Å². The topological polar surface area (TPSA) is 35.6 Å². The minimum atomic E-state index is 0.243. The van der Waals surface area contributed by atoms with Crippen molar-refractivity contribution in [3.8, 4) is 0 Å². The van der Waals surface area contributed by atoms with E-state index < -0.39 is 0 Å². The molecule has 0 aromatic heterocycles. The first-order valence-electron chi connectivity index (χ1n) is 5.96. The SMILES string of the molecule is C[C@@H]1CN(C(=O)N2CCCC2)C[C@H](C)N1. The number of piperazine rings is 1. The summed E-state index contributed by atoms with van der Waals surface area (Å²) in [6.07, 6.45) is 2.34. The van der Waals surface area contributed by atoms with Gasteiger partial charge in [-0.1, -0.05) is 0 Å². The lowest BCUT2D eigenvalue weighted by Gasteiger charge is -2.38. The van der Waals surface area contributed by atoms with Crippen molar-refractivity contribution >= 4 is 6.03 Å². The Morgan fingerprint density at radius 1 is 1.07 bits per heavy atom. The number of hydrogen-bond acceptors (Lipinski definition) is 2. The molecule has 2 rings (SSSR count). The number of nitrogens with one attached hydrogen (secondary N) is 1. The zero-order valence-corrected chi connectivity index (χ0v) is 9.70. The molecule has 86 valence electrons. The van der Waals surface area contributed by atoms with E-state index in [2.05, 4.69) is 19.2 Å². The number of likely N-dealkylation sites (tertiary alicyclic amines) is 1. The molecule has 0 saturated carbocycles. The second-order valence-electron chi connectivity index (χ2n) is 4.85. The third-order valence-corrected chi connectivity index (χ3v) is 3.20. The number of hydrogen-bond donors (Lipinski definition) is 1. The summed E-state index contributed by atoms with van der Waals surface area (Å²) in [7, 11) is 0. The largest absolute Gasteiger partial charge is 0.325 e. The Balaban J connectivity index is 1.93. The van der Waals surface area contributed by atoms with E-state index in [0.717, 1.165) is 26.2 Å². The van der Waals surface area contributed by atoms with Crippen LogP contribution < -0.4 is 5.32 Å². The van der Waals surface area contributed by atoms with Crippen LogP contribution in [0.25, 0.3) is 0 Å². The summed E-state index contributed by atoms with van der Waals surface area (Å²) in [6, 6.07) is 1.08. The molecule has 4 heteroatoms. The molecule has 0 unspecified atom stereocenters. The molecule has 2 saturated heterocycles. The van der Waals surface area contributed by atoms with Crippen LogP contribution in [0.2, 0.25) is 0 Å². The third kappa shape index (κ3) is 2.43. The number of urea groups is 1. The van der Waals surface area contributed by atoms with E-state index in [-0.39, 0.29) is 6.03 Å². The Kier molecular flexibility index (Phi) is 3.14. The normalized spacial score (nSPS) is 32.1. The van der Waals surface area contributed by atoms with Gasteiger partial charge >= 0.3 is 6.03 Å². The van der Waals surface area contributed by atoms with Gasteiger partial charge in [-0.2, -0.15) is 0 Å². The van der Waals surface area contributed by atoms with Crippen LogP contribution >= 0.6 is 0 Å². The number of carbonyl (C=O) groups is 1. The fourth-order valence-corrected chi connectivity index (χ4v) is 2.59. The molecule has 2 atom stereocenters. The van der Waals surface area contributed by atoms with E-state index in [4.69, 9.17) is 0 Å². The first kappa shape index (κ1) is 10.7. The summed E-state index contributed by atoms with van der Waals surface area (Å²) in [4.78, 5) is 16.1. The maximum atomic E-state index is 12.1. The van der Waals surface area contributed by atoms with Crippen molar-refractivity contribution in [3.63, 3.8) is 0 Å². The molecule has 2 amide bonds. The predicted octanol–water partition coefficient (Wildman–Crippen LogP) is 0.884. The Hall–Kier alpha value is -0.770. The number of rotatable bonds is 0. The van der Waals surface area contributed by atoms with Gasteiger partial charge in [0.25, 0.3) is 0 Å². The quantitative estimate of drug-likeness (QED) is 0.646. The van der Waals surface area contributed by atoms with Gasteiger partial charge in [-0.25, -0.2) is 4.79 Å². The molecule has 2 aliphatic rings. The van der Waals surface area contributed by atoms with Gasteiger partial charge in [0.05, 0.1) is 0 Å².